The topological polar surface area (TPSA) is 50.4 Å². The first-order chi connectivity index (χ1) is 11.8. The molecule has 0 aromatic heterocycles. The van der Waals surface area contributed by atoms with E-state index in [1.807, 2.05) is 0 Å². The van der Waals surface area contributed by atoms with Gasteiger partial charge in [-0.3, -0.25) is 10.1 Å². The minimum absolute atomic E-state index is 0.242. The van der Waals surface area contributed by atoms with E-state index < -0.39 is 17.6 Å². The standard InChI is InChI=1S/C16H12BrF3N2O2S/c17-10-5-7-11(8-6-10)24-9-14(23)22-15(25)21-13-4-2-1-3-12(13)16(18,19)20/h1-8H,9H2,(H2,21,22,23,25). The van der Waals surface area contributed by atoms with Gasteiger partial charge in [0.05, 0.1) is 11.3 Å². The smallest absolute Gasteiger partial charge is 0.418 e. The molecule has 0 fully saturated rings. The number of amides is 1. The lowest BCUT2D eigenvalue weighted by atomic mass is 10.2. The van der Waals surface area contributed by atoms with Crippen LogP contribution < -0.4 is 15.4 Å². The number of halogens is 4. The number of carbonyl (C=O) groups excluding carboxylic acids is 1. The number of para-hydroxylation sites is 1. The minimum Gasteiger partial charge on any atom is -0.484 e. The number of alkyl halides is 3. The molecule has 4 nitrogen and oxygen atoms in total. The van der Waals surface area contributed by atoms with Crippen molar-refractivity contribution in [1.29, 1.82) is 0 Å². The number of rotatable bonds is 4. The lowest BCUT2D eigenvalue weighted by molar-refractivity contribution is -0.136. The number of thiocarbonyl (C=S) groups is 1. The monoisotopic (exact) mass is 432 g/mol. The first-order valence-corrected chi connectivity index (χ1v) is 8.11. The summed E-state index contributed by atoms with van der Waals surface area (Å²) in [7, 11) is 0. The molecule has 2 rings (SSSR count). The van der Waals surface area contributed by atoms with E-state index in [0.29, 0.717) is 5.75 Å². The average Bonchev–Trinajstić information content (AvgIpc) is 2.53. The van der Waals surface area contributed by atoms with E-state index in [1.165, 1.54) is 18.2 Å². The molecule has 0 bridgehead atoms. The second-order valence-corrected chi connectivity index (χ2v) is 6.11. The highest BCUT2D eigenvalue weighted by molar-refractivity contribution is 9.10. The molecule has 0 aliphatic carbocycles. The number of nitrogens with one attached hydrogen (secondary N) is 2. The third-order valence-corrected chi connectivity index (χ3v) is 3.65. The maximum absolute atomic E-state index is 12.9. The molecular formula is C16H12BrF3N2O2S. The summed E-state index contributed by atoms with van der Waals surface area (Å²) in [6.07, 6.45) is -4.53. The van der Waals surface area contributed by atoms with Crippen LogP contribution in [0.15, 0.2) is 53.0 Å². The normalized spacial score (nSPS) is 10.9. The zero-order valence-electron chi connectivity index (χ0n) is 12.6. The molecule has 132 valence electrons. The lowest BCUT2D eigenvalue weighted by Crippen LogP contribution is -2.37. The van der Waals surface area contributed by atoms with Crippen molar-refractivity contribution in [3.8, 4) is 5.75 Å². The fourth-order valence-electron chi connectivity index (χ4n) is 1.84. The molecule has 0 saturated heterocycles. The Hall–Kier alpha value is -2.13. The quantitative estimate of drug-likeness (QED) is 0.704. The summed E-state index contributed by atoms with van der Waals surface area (Å²) in [5.41, 5.74) is -1.12. The van der Waals surface area contributed by atoms with Gasteiger partial charge < -0.3 is 10.1 Å². The summed E-state index contributed by atoms with van der Waals surface area (Å²) in [6.45, 7) is -0.329. The third kappa shape index (κ3) is 6.02. The highest BCUT2D eigenvalue weighted by Crippen LogP contribution is 2.34. The predicted octanol–water partition coefficient (Wildman–Crippen LogP) is 4.36. The van der Waals surface area contributed by atoms with Crippen LogP contribution in [0.3, 0.4) is 0 Å². The Bertz CT molecular complexity index is 767. The van der Waals surface area contributed by atoms with Gasteiger partial charge in [0.1, 0.15) is 5.75 Å². The lowest BCUT2D eigenvalue weighted by Gasteiger charge is -2.15. The van der Waals surface area contributed by atoms with Crippen LogP contribution in [0.25, 0.3) is 0 Å². The maximum atomic E-state index is 12.9. The Kier molecular flexibility index (Phi) is 6.38. The van der Waals surface area contributed by atoms with Crippen molar-refractivity contribution in [2.75, 3.05) is 11.9 Å². The average molecular weight is 433 g/mol. The van der Waals surface area contributed by atoms with Crippen LogP contribution in [0.5, 0.6) is 5.75 Å². The van der Waals surface area contributed by atoms with Gasteiger partial charge in [-0.25, -0.2) is 0 Å². The van der Waals surface area contributed by atoms with Gasteiger partial charge in [-0.2, -0.15) is 13.2 Å². The fourth-order valence-corrected chi connectivity index (χ4v) is 2.32. The first-order valence-electron chi connectivity index (χ1n) is 6.91. The van der Waals surface area contributed by atoms with Gasteiger partial charge in [-0.15, -0.1) is 0 Å². The second-order valence-electron chi connectivity index (χ2n) is 4.79. The number of carbonyl (C=O) groups is 1. The summed E-state index contributed by atoms with van der Waals surface area (Å²) < 4.78 is 44.8. The Morgan fingerprint density at radius 1 is 1.12 bits per heavy atom. The van der Waals surface area contributed by atoms with Gasteiger partial charge in [0.25, 0.3) is 5.91 Å². The van der Waals surface area contributed by atoms with E-state index in [0.717, 1.165) is 10.5 Å². The van der Waals surface area contributed by atoms with Crippen molar-refractivity contribution in [2.24, 2.45) is 0 Å². The molecule has 2 N–H and O–H groups in total. The molecule has 0 aliphatic heterocycles. The van der Waals surface area contributed by atoms with E-state index in [2.05, 4.69) is 26.6 Å². The Morgan fingerprint density at radius 3 is 2.40 bits per heavy atom. The zero-order valence-corrected chi connectivity index (χ0v) is 15.0. The number of anilines is 1. The highest BCUT2D eigenvalue weighted by atomic mass is 79.9. The summed E-state index contributed by atoms with van der Waals surface area (Å²) in [6, 6.07) is 11.6. The highest BCUT2D eigenvalue weighted by Gasteiger charge is 2.33. The molecule has 2 aromatic rings. The molecule has 0 aliphatic rings. The number of ether oxygens (including phenoxy) is 1. The first kappa shape index (κ1) is 19.2. The Labute approximate surface area is 155 Å². The summed E-state index contributed by atoms with van der Waals surface area (Å²) in [5, 5.41) is 4.39. The van der Waals surface area contributed by atoms with E-state index in [4.69, 9.17) is 17.0 Å². The van der Waals surface area contributed by atoms with Crippen LogP contribution >= 0.6 is 28.1 Å². The van der Waals surface area contributed by atoms with Crippen LogP contribution in [0.2, 0.25) is 0 Å². The fraction of sp³-hybridized carbons (Fsp3) is 0.125. The van der Waals surface area contributed by atoms with Crippen molar-refractivity contribution < 1.29 is 22.7 Å². The molecule has 0 saturated carbocycles. The molecule has 9 heteroatoms. The molecule has 0 atom stereocenters. The van der Waals surface area contributed by atoms with Gasteiger partial charge in [-0.05, 0) is 48.6 Å². The summed E-state index contributed by atoms with van der Waals surface area (Å²) in [4.78, 5) is 11.8. The van der Waals surface area contributed by atoms with Crippen molar-refractivity contribution in [3.63, 3.8) is 0 Å². The predicted molar refractivity (Wildman–Crippen MR) is 95.4 cm³/mol. The number of benzene rings is 2. The molecule has 2 aromatic carbocycles. The molecular weight excluding hydrogens is 421 g/mol. The largest absolute Gasteiger partial charge is 0.484 e. The Balaban J connectivity index is 1.90. The van der Waals surface area contributed by atoms with E-state index in [-0.39, 0.29) is 17.4 Å². The number of hydrogen-bond acceptors (Lipinski definition) is 3. The maximum Gasteiger partial charge on any atom is 0.418 e. The van der Waals surface area contributed by atoms with Crippen LogP contribution in [-0.4, -0.2) is 17.6 Å². The number of hydrogen-bond donors (Lipinski definition) is 2. The molecule has 0 heterocycles. The molecule has 0 unspecified atom stereocenters. The Morgan fingerprint density at radius 2 is 1.76 bits per heavy atom. The SMILES string of the molecule is O=C(COc1ccc(Br)cc1)NC(=S)Nc1ccccc1C(F)(F)F. The van der Waals surface area contributed by atoms with E-state index in [1.54, 1.807) is 24.3 Å². The molecule has 25 heavy (non-hydrogen) atoms. The van der Waals surface area contributed by atoms with Crippen molar-refractivity contribution in [1.82, 2.24) is 5.32 Å². The van der Waals surface area contributed by atoms with Crippen molar-refractivity contribution in [3.05, 3.63) is 58.6 Å². The van der Waals surface area contributed by atoms with E-state index >= 15 is 0 Å². The van der Waals surface area contributed by atoms with Crippen LogP contribution in [0.4, 0.5) is 18.9 Å². The van der Waals surface area contributed by atoms with Crippen LogP contribution in [0, 0.1) is 0 Å². The van der Waals surface area contributed by atoms with Crippen LogP contribution in [0.1, 0.15) is 5.56 Å². The third-order valence-electron chi connectivity index (χ3n) is 2.92. The van der Waals surface area contributed by atoms with Gasteiger partial charge >= 0.3 is 6.18 Å². The van der Waals surface area contributed by atoms with Gasteiger partial charge in [0, 0.05) is 4.47 Å². The van der Waals surface area contributed by atoms with Crippen molar-refractivity contribution >= 4 is 44.9 Å². The molecule has 0 radical (unpaired) electrons. The van der Waals surface area contributed by atoms with Gasteiger partial charge in [0.15, 0.2) is 11.7 Å². The summed E-state index contributed by atoms with van der Waals surface area (Å²) >= 11 is 8.14. The molecule has 1 amide bonds. The summed E-state index contributed by atoms with van der Waals surface area (Å²) in [5.74, 6) is -0.121. The van der Waals surface area contributed by atoms with Crippen LogP contribution in [-0.2, 0) is 11.0 Å². The minimum atomic E-state index is -4.53. The van der Waals surface area contributed by atoms with E-state index in [9.17, 15) is 18.0 Å². The van der Waals surface area contributed by atoms with Gasteiger partial charge in [-0.1, -0.05) is 28.1 Å². The second kappa shape index (κ2) is 8.30. The van der Waals surface area contributed by atoms with Crippen molar-refractivity contribution in [2.45, 2.75) is 6.18 Å². The zero-order chi connectivity index (χ0) is 18.4. The molecule has 0 spiro atoms. The van der Waals surface area contributed by atoms with Gasteiger partial charge in [0.2, 0.25) is 0 Å².